The quantitative estimate of drug-likeness (QED) is 0.625. The van der Waals surface area contributed by atoms with Gasteiger partial charge in [0.05, 0.1) is 12.7 Å². The molecule has 0 radical (unpaired) electrons. The second kappa shape index (κ2) is 10.2. The lowest BCUT2D eigenvalue weighted by Gasteiger charge is -2.36. The number of rotatable bonds is 5. The van der Waals surface area contributed by atoms with Crippen LogP contribution in [0.5, 0.6) is 0 Å². The largest absolute Gasteiger partial charge is 0.450 e. The van der Waals surface area contributed by atoms with Crippen molar-refractivity contribution in [3.8, 4) is 0 Å². The molecule has 1 aliphatic heterocycles. The normalized spacial score (nSPS) is 16.4. The SMILES string of the molecule is CCOC(=O)N1CCN(C(=NC)NCC(OC)c2cccc(Cl)c2)CC1. The zero-order valence-electron chi connectivity index (χ0n) is 15.6. The lowest BCUT2D eigenvalue weighted by atomic mass is 10.1. The number of methoxy groups -OCH3 is 1. The molecule has 0 spiro atoms. The Hall–Kier alpha value is -1.99. The van der Waals surface area contributed by atoms with Crippen LogP contribution in [0.15, 0.2) is 29.3 Å². The number of guanidine groups is 1. The van der Waals surface area contributed by atoms with Crippen LogP contribution in [0.25, 0.3) is 0 Å². The lowest BCUT2D eigenvalue weighted by molar-refractivity contribution is 0.0901. The van der Waals surface area contributed by atoms with E-state index in [9.17, 15) is 4.79 Å². The zero-order valence-corrected chi connectivity index (χ0v) is 16.3. The summed E-state index contributed by atoms with van der Waals surface area (Å²) in [6, 6.07) is 7.64. The maximum atomic E-state index is 11.8. The molecular formula is C18H27ClN4O3. The van der Waals surface area contributed by atoms with Gasteiger partial charge in [-0.2, -0.15) is 0 Å². The number of carbonyl (C=O) groups is 1. The molecule has 7 nitrogen and oxygen atoms in total. The Morgan fingerprint density at radius 3 is 2.58 bits per heavy atom. The third-order valence-corrected chi connectivity index (χ3v) is 4.50. The van der Waals surface area contributed by atoms with Crippen molar-refractivity contribution >= 4 is 23.7 Å². The van der Waals surface area contributed by atoms with Gasteiger partial charge in [-0.25, -0.2) is 4.79 Å². The average Bonchev–Trinajstić information content (AvgIpc) is 2.66. The summed E-state index contributed by atoms with van der Waals surface area (Å²) in [5.74, 6) is 0.789. The summed E-state index contributed by atoms with van der Waals surface area (Å²) in [4.78, 5) is 20.0. The van der Waals surface area contributed by atoms with Crippen LogP contribution in [0.3, 0.4) is 0 Å². The summed E-state index contributed by atoms with van der Waals surface area (Å²) in [6.45, 7) is 5.40. The number of hydrogen-bond acceptors (Lipinski definition) is 4. The summed E-state index contributed by atoms with van der Waals surface area (Å²) in [7, 11) is 3.43. The molecular weight excluding hydrogens is 356 g/mol. The molecule has 0 aromatic heterocycles. The van der Waals surface area contributed by atoms with Crippen molar-refractivity contribution in [2.75, 3.05) is 53.5 Å². The van der Waals surface area contributed by atoms with Gasteiger partial charge in [-0.05, 0) is 24.6 Å². The molecule has 1 unspecified atom stereocenters. The molecule has 8 heteroatoms. The van der Waals surface area contributed by atoms with E-state index in [4.69, 9.17) is 21.1 Å². The van der Waals surface area contributed by atoms with Crippen molar-refractivity contribution in [2.24, 2.45) is 4.99 Å². The van der Waals surface area contributed by atoms with E-state index < -0.39 is 0 Å². The average molecular weight is 383 g/mol. The van der Waals surface area contributed by atoms with Crippen LogP contribution < -0.4 is 5.32 Å². The molecule has 1 aliphatic rings. The predicted molar refractivity (Wildman–Crippen MR) is 103 cm³/mol. The molecule has 0 saturated carbocycles. The van der Waals surface area contributed by atoms with Crippen LogP contribution in [-0.4, -0.2) is 75.3 Å². The van der Waals surface area contributed by atoms with Crippen molar-refractivity contribution in [1.29, 1.82) is 0 Å². The van der Waals surface area contributed by atoms with E-state index in [0.29, 0.717) is 44.4 Å². The fourth-order valence-electron chi connectivity index (χ4n) is 2.88. The minimum atomic E-state index is -0.254. The van der Waals surface area contributed by atoms with E-state index in [0.717, 1.165) is 11.5 Å². The number of ether oxygens (including phenoxy) is 2. The van der Waals surface area contributed by atoms with Gasteiger partial charge in [-0.1, -0.05) is 23.7 Å². The molecule has 1 N–H and O–H groups in total. The van der Waals surface area contributed by atoms with E-state index in [1.807, 2.05) is 31.2 Å². The molecule has 144 valence electrons. The smallest absolute Gasteiger partial charge is 0.409 e. The maximum Gasteiger partial charge on any atom is 0.409 e. The highest BCUT2D eigenvalue weighted by molar-refractivity contribution is 6.30. The Bertz CT molecular complexity index is 618. The zero-order chi connectivity index (χ0) is 18.9. The first-order valence-corrected chi connectivity index (χ1v) is 9.12. The van der Waals surface area contributed by atoms with Crippen LogP contribution >= 0.6 is 11.6 Å². The van der Waals surface area contributed by atoms with Crippen molar-refractivity contribution in [2.45, 2.75) is 13.0 Å². The van der Waals surface area contributed by atoms with E-state index in [2.05, 4.69) is 15.2 Å². The number of hydrogen-bond donors (Lipinski definition) is 1. The molecule has 1 saturated heterocycles. The van der Waals surface area contributed by atoms with Crippen molar-refractivity contribution in [3.05, 3.63) is 34.9 Å². The van der Waals surface area contributed by atoms with Crippen molar-refractivity contribution in [1.82, 2.24) is 15.1 Å². The highest BCUT2D eigenvalue weighted by atomic mass is 35.5. The fourth-order valence-corrected chi connectivity index (χ4v) is 3.07. The number of benzene rings is 1. The lowest BCUT2D eigenvalue weighted by Crippen LogP contribution is -2.54. The Morgan fingerprint density at radius 1 is 1.31 bits per heavy atom. The molecule has 1 aromatic carbocycles. The topological polar surface area (TPSA) is 66.4 Å². The van der Waals surface area contributed by atoms with Gasteiger partial charge < -0.3 is 24.6 Å². The van der Waals surface area contributed by atoms with E-state index in [-0.39, 0.29) is 12.2 Å². The highest BCUT2D eigenvalue weighted by Gasteiger charge is 2.24. The molecule has 1 aromatic rings. The Balaban J connectivity index is 1.88. The second-order valence-electron chi connectivity index (χ2n) is 5.88. The number of carbonyl (C=O) groups excluding carboxylic acids is 1. The molecule has 1 heterocycles. The summed E-state index contributed by atoms with van der Waals surface area (Å²) >= 11 is 6.07. The first kappa shape index (κ1) is 20.3. The van der Waals surface area contributed by atoms with Crippen molar-refractivity contribution < 1.29 is 14.3 Å². The van der Waals surface area contributed by atoms with E-state index in [1.54, 1.807) is 19.1 Å². The third-order valence-electron chi connectivity index (χ3n) is 4.27. The Kier molecular flexibility index (Phi) is 8.00. The predicted octanol–water partition coefficient (Wildman–Crippen LogP) is 2.38. The molecule has 0 aliphatic carbocycles. The number of nitrogens with zero attached hydrogens (tertiary/aromatic N) is 3. The summed E-state index contributed by atoms with van der Waals surface area (Å²) in [5.41, 5.74) is 1.01. The number of piperazine rings is 1. The molecule has 2 rings (SSSR count). The van der Waals surface area contributed by atoms with Gasteiger partial charge in [0.2, 0.25) is 0 Å². The first-order valence-electron chi connectivity index (χ1n) is 8.74. The number of amides is 1. The van der Waals surface area contributed by atoms with Crippen LogP contribution in [0, 0.1) is 0 Å². The molecule has 1 fully saturated rings. The Morgan fingerprint density at radius 2 is 2.00 bits per heavy atom. The molecule has 26 heavy (non-hydrogen) atoms. The van der Waals surface area contributed by atoms with Gasteiger partial charge in [-0.15, -0.1) is 0 Å². The maximum absolute atomic E-state index is 11.8. The van der Waals surface area contributed by atoms with Crippen LogP contribution in [0.2, 0.25) is 5.02 Å². The molecule has 1 amide bonds. The van der Waals surface area contributed by atoms with E-state index in [1.165, 1.54) is 0 Å². The number of halogens is 1. The molecule has 1 atom stereocenters. The minimum absolute atomic E-state index is 0.133. The Labute approximate surface area is 159 Å². The summed E-state index contributed by atoms with van der Waals surface area (Å²) in [6.07, 6.45) is -0.387. The van der Waals surface area contributed by atoms with Crippen molar-refractivity contribution in [3.63, 3.8) is 0 Å². The van der Waals surface area contributed by atoms with Gasteiger partial charge >= 0.3 is 6.09 Å². The van der Waals surface area contributed by atoms with Crippen LogP contribution in [-0.2, 0) is 9.47 Å². The first-order chi connectivity index (χ1) is 12.6. The monoisotopic (exact) mass is 382 g/mol. The number of aliphatic imine (C=N–C) groups is 1. The minimum Gasteiger partial charge on any atom is -0.450 e. The van der Waals surface area contributed by atoms with Crippen LogP contribution in [0.4, 0.5) is 4.79 Å². The van der Waals surface area contributed by atoms with Gasteiger partial charge in [-0.3, -0.25) is 4.99 Å². The third kappa shape index (κ3) is 5.51. The van der Waals surface area contributed by atoms with Crippen LogP contribution in [0.1, 0.15) is 18.6 Å². The fraction of sp³-hybridized carbons (Fsp3) is 0.556. The standard InChI is InChI=1S/C18H27ClN4O3/c1-4-26-18(24)23-10-8-22(9-11-23)17(20-2)21-13-16(25-3)14-6-5-7-15(19)12-14/h5-7,12,16H,4,8-11,13H2,1-3H3,(H,20,21). The summed E-state index contributed by atoms with van der Waals surface area (Å²) in [5, 5.41) is 4.03. The summed E-state index contributed by atoms with van der Waals surface area (Å²) < 4.78 is 10.6. The highest BCUT2D eigenvalue weighted by Crippen LogP contribution is 2.19. The molecule has 0 bridgehead atoms. The van der Waals surface area contributed by atoms with Gasteiger partial charge in [0.15, 0.2) is 5.96 Å². The van der Waals surface area contributed by atoms with E-state index >= 15 is 0 Å². The van der Waals surface area contributed by atoms with Gasteiger partial charge in [0, 0.05) is 51.9 Å². The van der Waals surface area contributed by atoms with Gasteiger partial charge in [0.1, 0.15) is 0 Å². The number of nitrogens with one attached hydrogen (secondary N) is 1. The van der Waals surface area contributed by atoms with Gasteiger partial charge in [0.25, 0.3) is 0 Å². The second-order valence-corrected chi connectivity index (χ2v) is 6.32.